The van der Waals surface area contributed by atoms with E-state index in [4.69, 9.17) is 0 Å². The molecule has 0 aromatic rings. The van der Waals surface area contributed by atoms with E-state index in [1.54, 1.807) is 0 Å². The third kappa shape index (κ3) is 31.3. The topological polar surface area (TPSA) is 0 Å². The first-order valence-electron chi connectivity index (χ1n) is 0.655. The number of hydrogen-bond donors (Lipinski definition) is 0. The molecule has 0 aliphatic rings. The average molecular weight is 110 g/mol. The van der Waals surface area contributed by atoms with Crippen molar-refractivity contribution in [2.75, 3.05) is 0 Å². The van der Waals surface area contributed by atoms with Gasteiger partial charge in [0.1, 0.15) is 0 Å². The Labute approximate surface area is 71.6 Å². The summed E-state index contributed by atoms with van der Waals surface area (Å²) in [6.45, 7) is -3.67. The Morgan fingerprint density at radius 2 is 1.20 bits per heavy atom. The molecule has 28 valence electrons. The van der Waals surface area contributed by atoms with Crippen LogP contribution in [0, 0.1) is 0 Å². The molecule has 0 N–H and O–H groups in total. The van der Waals surface area contributed by atoms with E-state index in [0.717, 1.165) is 0 Å². The molecule has 0 nitrogen and oxygen atoms in total. The number of rotatable bonds is 0. The SMILES string of the molecule is FC(F)F.[H-].[K+]. The van der Waals surface area contributed by atoms with Crippen molar-refractivity contribution in [2.24, 2.45) is 0 Å². The Bertz CT molecular complexity index is 15.5. The molecule has 0 heterocycles. The van der Waals surface area contributed by atoms with E-state index in [1.807, 2.05) is 0 Å². The zero-order valence-corrected chi connectivity index (χ0v) is 5.83. The second kappa shape index (κ2) is 5.43. The van der Waals surface area contributed by atoms with Gasteiger partial charge in [0.25, 0.3) is 0 Å². The molecule has 0 atom stereocenters. The minimum Gasteiger partial charge on any atom is -1.00 e. The molecule has 4 heteroatoms. The molecule has 0 aromatic heterocycles. The van der Waals surface area contributed by atoms with Crippen LogP contribution >= 0.6 is 0 Å². The molecule has 0 spiro atoms. The second-order valence-corrected chi connectivity index (χ2v) is 0.247. The molecule has 0 aliphatic carbocycles. The van der Waals surface area contributed by atoms with Crippen molar-refractivity contribution < 1.29 is 66.0 Å². The van der Waals surface area contributed by atoms with Crippen molar-refractivity contribution in [3.63, 3.8) is 0 Å². The summed E-state index contributed by atoms with van der Waals surface area (Å²) in [5, 5.41) is 0. The van der Waals surface area contributed by atoms with Crippen molar-refractivity contribution >= 4 is 0 Å². The number of halogens is 3. The Balaban J connectivity index is -0.0000000450. The zero-order chi connectivity index (χ0) is 3.58. The standard InChI is InChI=1S/CHF3.K.H/c2-1(3)4;;/h1H;;/q;+1;-1. The van der Waals surface area contributed by atoms with E-state index in [9.17, 15) is 13.2 Å². The summed E-state index contributed by atoms with van der Waals surface area (Å²) in [4.78, 5) is 0. The fourth-order valence-corrected chi connectivity index (χ4v) is 0. The summed E-state index contributed by atoms with van der Waals surface area (Å²) in [5.74, 6) is 0. The van der Waals surface area contributed by atoms with Crippen molar-refractivity contribution in [1.82, 2.24) is 0 Å². The van der Waals surface area contributed by atoms with Crippen molar-refractivity contribution in [3.8, 4) is 0 Å². The minimum atomic E-state index is -3.67. The van der Waals surface area contributed by atoms with Gasteiger partial charge in [-0.1, -0.05) is 0 Å². The molecule has 0 unspecified atom stereocenters. The van der Waals surface area contributed by atoms with Gasteiger partial charge in [-0.3, -0.25) is 0 Å². The Hall–Kier alpha value is 1.43. The molecular formula is CH2F3K. The van der Waals surface area contributed by atoms with Crippen LogP contribution in [0.3, 0.4) is 0 Å². The molecule has 0 aromatic carbocycles. The first kappa shape index (κ1) is 9.66. The zero-order valence-electron chi connectivity index (χ0n) is 3.71. The van der Waals surface area contributed by atoms with Crippen molar-refractivity contribution in [2.45, 2.75) is 6.68 Å². The van der Waals surface area contributed by atoms with Crippen LogP contribution < -0.4 is 51.4 Å². The van der Waals surface area contributed by atoms with E-state index < -0.39 is 6.68 Å². The third-order valence-electron chi connectivity index (χ3n) is 0. The first-order valence-corrected chi connectivity index (χ1v) is 0.655. The van der Waals surface area contributed by atoms with Gasteiger partial charge >= 0.3 is 58.1 Å². The fourth-order valence-electron chi connectivity index (χ4n) is 0. The van der Waals surface area contributed by atoms with Crippen molar-refractivity contribution in [1.29, 1.82) is 0 Å². The Kier molecular flexibility index (Phi) is 10.5. The van der Waals surface area contributed by atoms with Gasteiger partial charge in [-0.15, -0.1) is 0 Å². The summed E-state index contributed by atoms with van der Waals surface area (Å²) in [6.07, 6.45) is 0. The molecule has 5 heavy (non-hydrogen) atoms. The van der Waals surface area contributed by atoms with Crippen LogP contribution in [-0.2, 0) is 0 Å². The average Bonchev–Trinajstić information content (AvgIpc) is 0.811. The van der Waals surface area contributed by atoms with Gasteiger partial charge in [0.15, 0.2) is 0 Å². The Morgan fingerprint density at radius 1 is 1.20 bits per heavy atom. The van der Waals surface area contributed by atoms with Crippen LogP contribution in [0.1, 0.15) is 1.43 Å². The molecule has 0 saturated heterocycles. The fraction of sp³-hybridized carbons (Fsp3) is 1.00. The predicted octanol–water partition coefficient (Wildman–Crippen LogP) is -1.71. The van der Waals surface area contributed by atoms with Gasteiger partial charge < -0.3 is 1.43 Å². The van der Waals surface area contributed by atoms with E-state index in [1.165, 1.54) is 0 Å². The van der Waals surface area contributed by atoms with Crippen LogP contribution in [0.5, 0.6) is 0 Å². The van der Waals surface area contributed by atoms with E-state index >= 15 is 0 Å². The maximum absolute atomic E-state index is 9.67. The van der Waals surface area contributed by atoms with Gasteiger partial charge in [-0.05, 0) is 0 Å². The van der Waals surface area contributed by atoms with E-state index in [0.29, 0.717) is 0 Å². The smallest absolute Gasteiger partial charge is 1.00 e. The summed E-state index contributed by atoms with van der Waals surface area (Å²) in [7, 11) is 0. The predicted molar refractivity (Wildman–Crippen MR) is 8.22 cm³/mol. The molecule has 0 rings (SSSR count). The summed E-state index contributed by atoms with van der Waals surface area (Å²) < 4.78 is 29.0. The molecule has 0 aliphatic heterocycles. The largest absolute Gasteiger partial charge is 1.00 e. The first-order chi connectivity index (χ1) is 1.73. The summed E-state index contributed by atoms with van der Waals surface area (Å²) in [5.41, 5.74) is 0. The molecule has 0 amide bonds. The molecule has 0 fully saturated rings. The van der Waals surface area contributed by atoms with Gasteiger partial charge in [0.05, 0.1) is 0 Å². The van der Waals surface area contributed by atoms with Crippen LogP contribution in [0.4, 0.5) is 13.2 Å². The van der Waals surface area contributed by atoms with E-state index in [-0.39, 0.29) is 52.8 Å². The maximum Gasteiger partial charge on any atom is 1.00 e. The van der Waals surface area contributed by atoms with Crippen LogP contribution in [0.25, 0.3) is 0 Å². The Morgan fingerprint density at radius 3 is 1.20 bits per heavy atom. The minimum absolute atomic E-state index is 0. The molecule has 0 saturated carbocycles. The monoisotopic (exact) mass is 110 g/mol. The van der Waals surface area contributed by atoms with Crippen LogP contribution in [0.2, 0.25) is 0 Å². The van der Waals surface area contributed by atoms with Gasteiger partial charge in [-0.25, -0.2) is 0 Å². The van der Waals surface area contributed by atoms with Crippen LogP contribution in [-0.4, -0.2) is 6.68 Å². The van der Waals surface area contributed by atoms with Crippen molar-refractivity contribution in [3.05, 3.63) is 0 Å². The van der Waals surface area contributed by atoms with Gasteiger partial charge in [0.2, 0.25) is 0 Å². The van der Waals surface area contributed by atoms with Crippen LogP contribution in [0.15, 0.2) is 0 Å². The summed E-state index contributed by atoms with van der Waals surface area (Å²) in [6, 6.07) is 0. The quantitative estimate of drug-likeness (QED) is 0.326. The molecule has 0 bridgehead atoms. The van der Waals surface area contributed by atoms with Gasteiger partial charge in [-0.2, -0.15) is 13.2 Å². The van der Waals surface area contributed by atoms with E-state index in [2.05, 4.69) is 0 Å². The summed E-state index contributed by atoms with van der Waals surface area (Å²) >= 11 is 0. The van der Waals surface area contributed by atoms with Gasteiger partial charge in [0, 0.05) is 0 Å². The third-order valence-corrected chi connectivity index (χ3v) is 0. The molecular weight excluding hydrogens is 108 g/mol. The molecule has 0 radical (unpaired) electrons. The normalized spacial score (nSPS) is 7.20. The number of hydrogen-bond acceptors (Lipinski definition) is 0. The maximum atomic E-state index is 9.67. The second-order valence-electron chi connectivity index (χ2n) is 0.247. The number of alkyl halides is 3.